The highest BCUT2D eigenvalue weighted by Gasteiger charge is 2.38. The van der Waals surface area contributed by atoms with Gasteiger partial charge in [0.15, 0.2) is 0 Å². The van der Waals surface area contributed by atoms with E-state index in [2.05, 4.69) is 34.5 Å². The second-order valence-corrected chi connectivity index (χ2v) is 4.81. The Morgan fingerprint density at radius 3 is 3.23 bits per heavy atom. The third kappa shape index (κ3) is 1.08. The minimum Gasteiger partial charge on any atom is -0.328 e. The molecule has 0 radical (unpaired) electrons. The first kappa shape index (κ1) is 7.97. The Bertz CT molecular complexity index is 344. The Morgan fingerprint density at radius 1 is 1.46 bits per heavy atom. The summed E-state index contributed by atoms with van der Waals surface area (Å²) in [5.41, 5.74) is 1.71. The minimum atomic E-state index is 0.0983. The second kappa shape index (κ2) is 2.80. The van der Waals surface area contributed by atoms with Crippen molar-refractivity contribution < 1.29 is 0 Å². The molecule has 3 rings (SSSR count). The Labute approximate surface area is 86.3 Å². The van der Waals surface area contributed by atoms with Crippen molar-refractivity contribution in [3.63, 3.8) is 0 Å². The van der Waals surface area contributed by atoms with E-state index in [9.17, 15) is 0 Å². The SMILES string of the molecule is ClC1CNC2Sc3ccccc3N12. The van der Waals surface area contributed by atoms with E-state index in [4.69, 9.17) is 11.6 Å². The summed E-state index contributed by atoms with van der Waals surface area (Å²) in [7, 11) is 0. The number of fused-ring (bicyclic) bond motifs is 3. The lowest BCUT2D eigenvalue weighted by Gasteiger charge is -2.20. The number of nitrogens with one attached hydrogen (secondary N) is 1. The zero-order chi connectivity index (χ0) is 8.84. The van der Waals surface area contributed by atoms with Gasteiger partial charge in [0.1, 0.15) is 11.0 Å². The number of hydrogen-bond donors (Lipinski definition) is 1. The van der Waals surface area contributed by atoms with Crippen molar-refractivity contribution in [2.24, 2.45) is 0 Å². The van der Waals surface area contributed by atoms with Gasteiger partial charge in [-0.05, 0) is 12.1 Å². The summed E-state index contributed by atoms with van der Waals surface area (Å²) in [5.74, 6) is 0. The van der Waals surface area contributed by atoms with E-state index in [1.165, 1.54) is 10.6 Å². The predicted molar refractivity (Wildman–Crippen MR) is 56.2 cm³/mol. The average molecular weight is 213 g/mol. The van der Waals surface area contributed by atoms with Crippen molar-refractivity contribution in [2.45, 2.75) is 15.9 Å². The monoisotopic (exact) mass is 212 g/mol. The van der Waals surface area contributed by atoms with Crippen LogP contribution >= 0.6 is 23.4 Å². The van der Waals surface area contributed by atoms with Crippen LogP contribution in [0.25, 0.3) is 0 Å². The van der Waals surface area contributed by atoms with Crippen LogP contribution in [0.2, 0.25) is 0 Å². The van der Waals surface area contributed by atoms with Gasteiger partial charge in [-0.2, -0.15) is 0 Å². The van der Waals surface area contributed by atoms with E-state index < -0.39 is 0 Å². The molecule has 0 aliphatic carbocycles. The van der Waals surface area contributed by atoms with E-state index in [1.807, 2.05) is 11.8 Å². The number of hydrogen-bond acceptors (Lipinski definition) is 3. The first-order chi connectivity index (χ1) is 6.36. The van der Waals surface area contributed by atoms with Crippen LogP contribution in [0.3, 0.4) is 0 Å². The molecule has 1 fully saturated rings. The molecule has 2 aliphatic rings. The summed E-state index contributed by atoms with van der Waals surface area (Å²) in [6.07, 6.45) is 0. The van der Waals surface area contributed by atoms with Crippen molar-refractivity contribution in [3.8, 4) is 0 Å². The molecule has 1 N–H and O–H groups in total. The second-order valence-electron chi connectivity index (χ2n) is 3.19. The highest BCUT2D eigenvalue weighted by molar-refractivity contribution is 8.00. The largest absolute Gasteiger partial charge is 0.328 e. The first-order valence-electron chi connectivity index (χ1n) is 4.28. The minimum absolute atomic E-state index is 0.0983. The Morgan fingerprint density at radius 2 is 2.31 bits per heavy atom. The third-order valence-electron chi connectivity index (χ3n) is 2.40. The van der Waals surface area contributed by atoms with Gasteiger partial charge in [0.25, 0.3) is 0 Å². The van der Waals surface area contributed by atoms with E-state index in [-0.39, 0.29) is 5.50 Å². The highest BCUT2D eigenvalue weighted by atomic mass is 35.5. The number of alkyl halides is 1. The van der Waals surface area contributed by atoms with Gasteiger partial charge in [0.05, 0.1) is 5.69 Å². The quantitative estimate of drug-likeness (QED) is 0.524. The Hall–Kier alpha value is -0.380. The van der Waals surface area contributed by atoms with E-state index in [1.54, 1.807) is 0 Å². The number of benzene rings is 1. The molecular formula is C9H9ClN2S. The van der Waals surface area contributed by atoms with Crippen molar-refractivity contribution in [2.75, 3.05) is 11.4 Å². The number of para-hydroxylation sites is 1. The molecule has 68 valence electrons. The lowest BCUT2D eigenvalue weighted by atomic mass is 10.3. The maximum Gasteiger partial charge on any atom is 0.134 e. The summed E-state index contributed by atoms with van der Waals surface area (Å²) in [4.78, 5) is 3.56. The van der Waals surface area contributed by atoms with Crippen molar-refractivity contribution in [1.82, 2.24) is 5.32 Å². The molecule has 0 aromatic heterocycles. The van der Waals surface area contributed by atoms with E-state index >= 15 is 0 Å². The molecule has 0 saturated carbocycles. The van der Waals surface area contributed by atoms with Gasteiger partial charge in [0, 0.05) is 11.4 Å². The molecule has 0 spiro atoms. The molecule has 4 heteroatoms. The topological polar surface area (TPSA) is 15.3 Å². The molecule has 13 heavy (non-hydrogen) atoms. The van der Waals surface area contributed by atoms with Crippen molar-refractivity contribution >= 4 is 29.1 Å². The molecular weight excluding hydrogens is 204 g/mol. The Balaban J connectivity index is 2.08. The van der Waals surface area contributed by atoms with Crippen LogP contribution in [0.15, 0.2) is 29.2 Å². The summed E-state index contributed by atoms with van der Waals surface area (Å²) < 4.78 is 0. The summed E-state index contributed by atoms with van der Waals surface area (Å²) in [6, 6.07) is 8.40. The molecule has 2 heterocycles. The fraction of sp³-hybridized carbons (Fsp3) is 0.333. The molecule has 2 unspecified atom stereocenters. The molecule has 2 aliphatic heterocycles. The molecule has 1 saturated heterocycles. The zero-order valence-electron chi connectivity index (χ0n) is 6.90. The van der Waals surface area contributed by atoms with Gasteiger partial charge in [0.2, 0.25) is 0 Å². The fourth-order valence-electron chi connectivity index (χ4n) is 1.81. The van der Waals surface area contributed by atoms with E-state index in [0.29, 0.717) is 5.50 Å². The van der Waals surface area contributed by atoms with Gasteiger partial charge >= 0.3 is 0 Å². The smallest absolute Gasteiger partial charge is 0.134 e. The summed E-state index contributed by atoms with van der Waals surface area (Å²) >= 11 is 8.03. The Kier molecular flexibility index (Phi) is 1.72. The van der Waals surface area contributed by atoms with E-state index in [0.717, 1.165) is 6.54 Å². The molecule has 0 bridgehead atoms. The molecule has 2 nitrogen and oxygen atoms in total. The number of thioether (sulfide) groups is 1. The van der Waals surface area contributed by atoms with Crippen LogP contribution in [0.1, 0.15) is 0 Å². The molecule has 2 atom stereocenters. The molecule has 1 aromatic rings. The van der Waals surface area contributed by atoms with Gasteiger partial charge in [-0.3, -0.25) is 5.32 Å². The lowest BCUT2D eigenvalue weighted by molar-refractivity contribution is 0.809. The maximum absolute atomic E-state index is 6.19. The maximum atomic E-state index is 6.19. The van der Waals surface area contributed by atoms with Crippen LogP contribution in [-0.2, 0) is 0 Å². The van der Waals surface area contributed by atoms with Crippen LogP contribution in [0.4, 0.5) is 5.69 Å². The van der Waals surface area contributed by atoms with Gasteiger partial charge in [-0.1, -0.05) is 35.5 Å². The highest BCUT2D eigenvalue weighted by Crippen LogP contribution is 2.45. The fourth-order valence-corrected chi connectivity index (χ4v) is 3.43. The number of nitrogens with zero attached hydrogens (tertiary/aromatic N) is 1. The van der Waals surface area contributed by atoms with Crippen molar-refractivity contribution in [3.05, 3.63) is 24.3 Å². The lowest BCUT2D eigenvalue weighted by Crippen LogP contribution is -2.30. The van der Waals surface area contributed by atoms with Crippen LogP contribution in [0.5, 0.6) is 0 Å². The summed E-state index contributed by atoms with van der Waals surface area (Å²) in [6.45, 7) is 0.869. The number of anilines is 1. The standard InChI is InChI=1S/C9H9ClN2S/c10-8-5-11-9-12(8)6-3-1-2-4-7(6)13-9/h1-4,8-9,11H,5H2. The first-order valence-corrected chi connectivity index (χ1v) is 5.59. The van der Waals surface area contributed by atoms with Crippen LogP contribution in [0, 0.1) is 0 Å². The normalized spacial score (nSPS) is 30.4. The van der Waals surface area contributed by atoms with Crippen LogP contribution in [-0.4, -0.2) is 17.5 Å². The molecule has 1 aromatic carbocycles. The average Bonchev–Trinajstić information content (AvgIpc) is 2.66. The van der Waals surface area contributed by atoms with Gasteiger partial charge in [-0.25, -0.2) is 0 Å². The van der Waals surface area contributed by atoms with Gasteiger partial charge < -0.3 is 4.90 Å². The molecule has 0 amide bonds. The summed E-state index contributed by atoms with van der Waals surface area (Å²) in [5, 5.41) is 3.37. The van der Waals surface area contributed by atoms with Crippen molar-refractivity contribution in [1.29, 1.82) is 0 Å². The zero-order valence-corrected chi connectivity index (χ0v) is 8.48. The number of rotatable bonds is 0. The number of halogens is 1. The predicted octanol–water partition coefficient (Wildman–Crippen LogP) is 2.05. The third-order valence-corrected chi connectivity index (χ3v) is 3.98. The van der Waals surface area contributed by atoms with Gasteiger partial charge in [-0.15, -0.1) is 0 Å². The van der Waals surface area contributed by atoms with Crippen LogP contribution < -0.4 is 10.2 Å².